The standard InChI is InChI=1S/C14H13N5O4S2/c20-12-6-5-11(17-18-12)13(21)16-9-1-3-10(4-2-9)25(22,23)19-14-15-7-8-24-14/h1-5,7-8,17H,6H2,(H,15,19)(H,16,21)(H,18,20). The highest BCUT2D eigenvalue weighted by atomic mass is 32.2. The molecule has 4 N–H and O–H groups in total. The number of hydrogen-bond donors (Lipinski definition) is 4. The maximum atomic E-state index is 12.2. The molecule has 0 unspecified atom stereocenters. The first kappa shape index (κ1) is 16.9. The molecular weight excluding hydrogens is 366 g/mol. The summed E-state index contributed by atoms with van der Waals surface area (Å²) in [5.74, 6) is -0.685. The zero-order chi connectivity index (χ0) is 17.9. The van der Waals surface area contributed by atoms with Gasteiger partial charge < -0.3 is 5.32 Å². The molecule has 1 aromatic heterocycles. The molecule has 130 valence electrons. The van der Waals surface area contributed by atoms with E-state index in [1.54, 1.807) is 5.38 Å². The fraction of sp³-hybridized carbons (Fsp3) is 0.0714. The van der Waals surface area contributed by atoms with Crippen molar-refractivity contribution in [3.8, 4) is 0 Å². The summed E-state index contributed by atoms with van der Waals surface area (Å²) in [7, 11) is -3.74. The van der Waals surface area contributed by atoms with Crippen LogP contribution in [0.25, 0.3) is 0 Å². The van der Waals surface area contributed by atoms with Crippen molar-refractivity contribution in [1.82, 2.24) is 15.8 Å². The molecule has 0 atom stereocenters. The van der Waals surface area contributed by atoms with Gasteiger partial charge >= 0.3 is 0 Å². The summed E-state index contributed by atoms with van der Waals surface area (Å²) in [6, 6.07) is 5.68. The number of carbonyl (C=O) groups excluding carboxylic acids is 2. The summed E-state index contributed by atoms with van der Waals surface area (Å²) in [5.41, 5.74) is 5.45. The van der Waals surface area contributed by atoms with E-state index in [-0.39, 0.29) is 28.1 Å². The van der Waals surface area contributed by atoms with Gasteiger partial charge in [-0.15, -0.1) is 11.3 Å². The molecule has 1 aliphatic rings. The van der Waals surface area contributed by atoms with E-state index in [0.717, 1.165) is 0 Å². The normalized spacial score (nSPS) is 14.1. The molecule has 25 heavy (non-hydrogen) atoms. The topological polar surface area (TPSA) is 129 Å². The highest BCUT2D eigenvalue weighted by Crippen LogP contribution is 2.19. The van der Waals surface area contributed by atoms with Crippen LogP contribution in [0, 0.1) is 0 Å². The van der Waals surface area contributed by atoms with Crippen LogP contribution in [0.5, 0.6) is 0 Å². The lowest BCUT2D eigenvalue weighted by Crippen LogP contribution is -2.43. The SMILES string of the molecule is O=C1CC=C(C(=O)Nc2ccc(S(=O)(=O)Nc3nccs3)cc2)NN1. The quantitative estimate of drug-likeness (QED) is 0.608. The molecule has 3 rings (SSSR count). The second-order valence-corrected chi connectivity index (χ2v) is 7.49. The molecule has 0 aliphatic carbocycles. The number of anilines is 2. The van der Waals surface area contributed by atoms with Gasteiger partial charge in [0.2, 0.25) is 5.91 Å². The summed E-state index contributed by atoms with van der Waals surface area (Å²) in [5, 5.41) is 4.54. The smallest absolute Gasteiger partial charge is 0.273 e. The van der Waals surface area contributed by atoms with Crippen molar-refractivity contribution in [3.63, 3.8) is 0 Å². The number of carbonyl (C=O) groups is 2. The van der Waals surface area contributed by atoms with Gasteiger partial charge in [-0.05, 0) is 30.3 Å². The van der Waals surface area contributed by atoms with E-state index >= 15 is 0 Å². The summed E-state index contributed by atoms with van der Waals surface area (Å²) in [6.45, 7) is 0. The Morgan fingerprint density at radius 1 is 1.20 bits per heavy atom. The van der Waals surface area contributed by atoms with Gasteiger partial charge in [0.15, 0.2) is 5.13 Å². The number of thiazole rings is 1. The number of benzene rings is 1. The third-order valence-corrected chi connectivity index (χ3v) is 5.32. The first-order chi connectivity index (χ1) is 11.9. The van der Waals surface area contributed by atoms with E-state index in [4.69, 9.17) is 0 Å². The molecule has 9 nitrogen and oxygen atoms in total. The van der Waals surface area contributed by atoms with Gasteiger partial charge in [-0.25, -0.2) is 13.4 Å². The molecule has 0 saturated carbocycles. The predicted molar refractivity (Wildman–Crippen MR) is 92.0 cm³/mol. The predicted octanol–water partition coefficient (Wildman–Crippen LogP) is 0.791. The van der Waals surface area contributed by atoms with Crippen molar-refractivity contribution in [2.45, 2.75) is 11.3 Å². The molecule has 2 amide bonds. The van der Waals surface area contributed by atoms with Crippen molar-refractivity contribution in [2.75, 3.05) is 10.0 Å². The Balaban J connectivity index is 1.68. The first-order valence-corrected chi connectivity index (χ1v) is 9.39. The van der Waals surface area contributed by atoms with Crippen LogP contribution in [0.3, 0.4) is 0 Å². The third kappa shape index (κ3) is 4.14. The molecule has 2 aromatic rings. The van der Waals surface area contributed by atoms with Crippen LogP contribution < -0.4 is 20.9 Å². The zero-order valence-corrected chi connectivity index (χ0v) is 14.3. The number of hydrogen-bond acceptors (Lipinski definition) is 7. The van der Waals surface area contributed by atoms with E-state index in [9.17, 15) is 18.0 Å². The molecular formula is C14H13N5O4S2. The lowest BCUT2D eigenvalue weighted by molar-refractivity contribution is -0.121. The van der Waals surface area contributed by atoms with Crippen molar-refractivity contribution < 1.29 is 18.0 Å². The van der Waals surface area contributed by atoms with Crippen LogP contribution >= 0.6 is 11.3 Å². The first-order valence-electron chi connectivity index (χ1n) is 7.03. The lowest BCUT2D eigenvalue weighted by atomic mass is 10.2. The van der Waals surface area contributed by atoms with E-state index < -0.39 is 15.9 Å². The summed E-state index contributed by atoms with van der Waals surface area (Å²) in [4.78, 5) is 27.0. The van der Waals surface area contributed by atoms with Crippen molar-refractivity contribution in [3.05, 3.63) is 47.6 Å². The minimum absolute atomic E-state index is 0.0444. The fourth-order valence-electron chi connectivity index (χ4n) is 1.95. The molecule has 0 spiro atoms. The Bertz CT molecular complexity index is 921. The molecule has 0 fully saturated rings. The van der Waals surface area contributed by atoms with Gasteiger partial charge in [-0.2, -0.15) is 0 Å². The fourth-order valence-corrected chi connectivity index (χ4v) is 3.74. The van der Waals surface area contributed by atoms with Crippen LogP contribution in [0.2, 0.25) is 0 Å². The van der Waals surface area contributed by atoms with E-state index in [1.807, 2.05) is 0 Å². The van der Waals surface area contributed by atoms with E-state index in [1.165, 1.54) is 47.9 Å². The number of aromatic nitrogens is 1. The van der Waals surface area contributed by atoms with Gasteiger partial charge in [-0.3, -0.25) is 25.2 Å². The van der Waals surface area contributed by atoms with Gasteiger partial charge in [0, 0.05) is 23.7 Å². The van der Waals surface area contributed by atoms with Gasteiger partial charge in [0.25, 0.3) is 15.9 Å². The Kier molecular flexibility index (Phi) is 4.67. The minimum atomic E-state index is -3.74. The Morgan fingerprint density at radius 2 is 1.96 bits per heavy atom. The number of sulfonamides is 1. The van der Waals surface area contributed by atoms with E-state index in [2.05, 4.69) is 25.9 Å². The Hall–Kier alpha value is -2.92. The summed E-state index contributed by atoms with van der Waals surface area (Å²) >= 11 is 1.17. The highest BCUT2D eigenvalue weighted by molar-refractivity contribution is 7.93. The van der Waals surface area contributed by atoms with Crippen LogP contribution in [0.1, 0.15) is 6.42 Å². The molecule has 1 aliphatic heterocycles. The molecule has 0 saturated heterocycles. The van der Waals surface area contributed by atoms with E-state index in [0.29, 0.717) is 5.69 Å². The second kappa shape index (κ2) is 6.91. The number of nitrogens with one attached hydrogen (secondary N) is 4. The van der Waals surface area contributed by atoms with Crippen molar-refractivity contribution in [2.24, 2.45) is 0 Å². The van der Waals surface area contributed by atoms with Crippen molar-refractivity contribution in [1.29, 1.82) is 0 Å². The minimum Gasteiger partial charge on any atom is -0.321 e. The average Bonchev–Trinajstić information content (AvgIpc) is 3.08. The van der Waals surface area contributed by atoms with Gasteiger partial charge in [-0.1, -0.05) is 0 Å². The third-order valence-electron chi connectivity index (χ3n) is 3.15. The Morgan fingerprint density at radius 3 is 2.56 bits per heavy atom. The number of nitrogens with zero attached hydrogens (tertiary/aromatic N) is 1. The average molecular weight is 379 g/mol. The van der Waals surface area contributed by atoms with Gasteiger partial charge in [0.05, 0.1) is 4.90 Å². The molecule has 2 heterocycles. The summed E-state index contributed by atoms with van der Waals surface area (Å²) in [6.07, 6.45) is 3.07. The number of amides is 2. The van der Waals surface area contributed by atoms with Crippen LogP contribution in [0.15, 0.2) is 52.5 Å². The van der Waals surface area contributed by atoms with Gasteiger partial charge in [0.1, 0.15) is 5.70 Å². The summed E-state index contributed by atoms with van der Waals surface area (Å²) < 4.78 is 26.8. The lowest BCUT2D eigenvalue weighted by Gasteiger charge is -2.16. The van der Waals surface area contributed by atoms with Crippen LogP contribution in [-0.2, 0) is 19.6 Å². The van der Waals surface area contributed by atoms with Crippen molar-refractivity contribution >= 4 is 44.0 Å². The molecule has 0 radical (unpaired) electrons. The Labute approximate surface area is 147 Å². The largest absolute Gasteiger partial charge is 0.321 e. The molecule has 1 aromatic carbocycles. The maximum Gasteiger partial charge on any atom is 0.273 e. The monoisotopic (exact) mass is 379 g/mol. The number of rotatable bonds is 5. The molecule has 0 bridgehead atoms. The molecule has 11 heteroatoms. The highest BCUT2D eigenvalue weighted by Gasteiger charge is 2.17. The second-order valence-electron chi connectivity index (χ2n) is 4.92. The maximum absolute atomic E-state index is 12.2. The number of hydrazine groups is 1. The zero-order valence-electron chi connectivity index (χ0n) is 12.6. The van der Waals surface area contributed by atoms with Crippen LogP contribution in [0.4, 0.5) is 10.8 Å². The van der Waals surface area contributed by atoms with Crippen LogP contribution in [-0.4, -0.2) is 25.2 Å².